The summed E-state index contributed by atoms with van der Waals surface area (Å²) < 4.78 is 0. The zero-order chi connectivity index (χ0) is 43.3. The van der Waals surface area contributed by atoms with Crippen LogP contribution >= 0.6 is 0 Å². The van der Waals surface area contributed by atoms with E-state index < -0.39 is 5.41 Å². The van der Waals surface area contributed by atoms with Crippen LogP contribution in [0.25, 0.3) is 88.7 Å². The first-order chi connectivity index (χ1) is 32.7. The van der Waals surface area contributed by atoms with Gasteiger partial charge in [-0.05, 0) is 159 Å². The van der Waals surface area contributed by atoms with Crippen molar-refractivity contribution in [2.45, 2.75) is 5.41 Å². The fourth-order valence-electron chi connectivity index (χ4n) is 11.8. The van der Waals surface area contributed by atoms with Gasteiger partial charge in [0.05, 0.1) is 5.41 Å². The predicted molar refractivity (Wildman–Crippen MR) is 276 cm³/mol. The highest BCUT2D eigenvalue weighted by Crippen LogP contribution is 2.66. The van der Waals surface area contributed by atoms with Gasteiger partial charge in [0.15, 0.2) is 0 Å². The maximum Gasteiger partial charge on any atom is 0.0726 e. The van der Waals surface area contributed by atoms with Crippen molar-refractivity contribution >= 4 is 27.8 Å². The molecule has 11 aromatic rings. The third kappa shape index (κ3) is 5.23. The third-order valence-corrected chi connectivity index (χ3v) is 14.6. The number of hydrogen-bond donors (Lipinski definition) is 0. The summed E-state index contributed by atoms with van der Waals surface area (Å²) >= 11 is 0. The van der Waals surface area contributed by atoms with Crippen LogP contribution in [0.15, 0.2) is 249 Å². The molecule has 3 aliphatic rings. The summed E-state index contributed by atoms with van der Waals surface area (Å²) in [6.45, 7) is 0. The van der Waals surface area contributed by atoms with Crippen LogP contribution < -0.4 is 4.90 Å². The first-order valence-corrected chi connectivity index (χ1v) is 23.0. The Morgan fingerprint density at radius 1 is 0.242 bits per heavy atom. The Morgan fingerprint density at radius 2 is 0.667 bits per heavy atom. The molecule has 11 aromatic carbocycles. The van der Waals surface area contributed by atoms with E-state index in [1.165, 1.54) is 111 Å². The van der Waals surface area contributed by atoms with Crippen LogP contribution in [0.4, 0.5) is 17.1 Å². The van der Waals surface area contributed by atoms with E-state index in [0.717, 1.165) is 17.1 Å². The summed E-state index contributed by atoms with van der Waals surface area (Å²) in [5.41, 5.74) is 26.2. The van der Waals surface area contributed by atoms with Crippen LogP contribution in [0.3, 0.4) is 0 Å². The minimum absolute atomic E-state index is 0.472. The van der Waals surface area contributed by atoms with Crippen molar-refractivity contribution in [2.75, 3.05) is 4.90 Å². The molecule has 0 fully saturated rings. The number of rotatable bonds is 6. The standard InChI is InChI=1S/C65H41N/c1-3-14-42(15-4-1)44-26-33-48(34-27-44)66(49-35-28-45(29-36-49)43-16-5-2-6-17-43)50-37-30-46(31-38-50)47-32-39-54-53-20-9-11-24-59(53)65(61(54)40-47)60-25-12-10-21-56(60)64-57-23-13-22-55-51-18-7-8-19-52(51)58(63(55)57)41-62(64)65/h1-41H. The van der Waals surface area contributed by atoms with Crippen LogP contribution in [0.1, 0.15) is 22.3 Å². The smallest absolute Gasteiger partial charge is 0.0726 e. The van der Waals surface area contributed by atoms with E-state index >= 15 is 0 Å². The summed E-state index contributed by atoms with van der Waals surface area (Å²) in [5, 5.41) is 2.71. The van der Waals surface area contributed by atoms with E-state index in [1.807, 2.05) is 0 Å². The van der Waals surface area contributed by atoms with E-state index in [-0.39, 0.29) is 0 Å². The second-order valence-corrected chi connectivity index (χ2v) is 17.9. The molecule has 14 rings (SSSR count). The topological polar surface area (TPSA) is 3.24 Å². The molecular formula is C65H41N. The van der Waals surface area contributed by atoms with Gasteiger partial charge in [-0.3, -0.25) is 0 Å². The van der Waals surface area contributed by atoms with E-state index in [2.05, 4.69) is 254 Å². The Balaban J connectivity index is 0.914. The first-order valence-electron chi connectivity index (χ1n) is 23.0. The predicted octanol–water partition coefficient (Wildman–Crippen LogP) is 17.3. The van der Waals surface area contributed by atoms with E-state index in [0.29, 0.717) is 0 Å². The van der Waals surface area contributed by atoms with Gasteiger partial charge in [-0.25, -0.2) is 0 Å². The van der Waals surface area contributed by atoms with Crippen molar-refractivity contribution < 1.29 is 0 Å². The van der Waals surface area contributed by atoms with Gasteiger partial charge in [0.25, 0.3) is 0 Å². The molecule has 1 unspecified atom stereocenters. The van der Waals surface area contributed by atoms with Gasteiger partial charge in [0, 0.05) is 17.1 Å². The lowest BCUT2D eigenvalue weighted by Gasteiger charge is -2.31. The molecule has 0 bridgehead atoms. The minimum atomic E-state index is -0.472. The van der Waals surface area contributed by atoms with Crippen molar-refractivity contribution in [3.8, 4) is 77.9 Å². The van der Waals surface area contributed by atoms with Crippen molar-refractivity contribution in [1.29, 1.82) is 0 Å². The fraction of sp³-hybridized carbons (Fsp3) is 0.0154. The monoisotopic (exact) mass is 835 g/mol. The molecule has 1 atom stereocenters. The normalized spacial score (nSPS) is 14.4. The zero-order valence-electron chi connectivity index (χ0n) is 36.1. The lowest BCUT2D eigenvalue weighted by molar-refractivity contribution is 0.795. The summed E-state index contributed by atoms with van der Waals surface area (Å²) in [5.74, 6) is 0. The number of hydrogen-bond acceptors (Lipinski definition) is 1. The summed E-state index contributed by atoms with van der Waals surface area (Å²) in [6, 6.07) is 92.3. The Kier molecular flexibility index (Phi) is 7.97. The lowest BCUT2D eigenvalue weighted by Crippen LogP contribution is -2.26. The van der Waals surface area contributed by atoms with E-state index in [1.54, 1.807) is 0 Å². The number of nitrogens with zero attached hydrogens (tertiary/aromatic N) is 1. The Labute approximate surface area is 385 Å². The van der Waals surface area contributed by atoms with Crippen molar-refractivity contribution in [2.24, 2.45) is 0 Å². The number of anilines is 3. The fourth-order valence-corrected chi connectivity index (χ4v) is 11.8. The average Bonchev–Trinajstić information content (AvgIpc) is 4.00. The maximum absolute atomic E-state index is 2.56. The highest BCUT2D eigenvalue weighted by Gasteiger charge is 2.52. The van der Waals surface area contributed by atoms with Crippen molar-refractivity contribution in [3.05, 3.63) is 271 Å². The average molecular weight is 836 g/mol. The van der Waals surface area contributed by atoms with Gasteiger partial charge in [-0.2, -0.15) is 0 Å². The van der Waals surface area contributed by atoms with Crippen LogP contribution in [0.2, 0.25) is 0 Å². The van der Waals surface area contributed by atoms with E-state index in [9.17, 15) is 0 Å². The summed E-state index contributed by atoms with van der Waals surface area (Å²) in [7, 11) is 0. The largest absolute Gasteiger partial charge is 0.311 e. The van der Waals surface area contributed by atoms with Crippen LogP contribution in [0.5, 0.6) is 0 Å². The van der Waals surface area contributed by atoms with Gasteiger partial charge in [-0.15, -0.1) is 0 Å². The Bertz CT molecular complexity index is 3630. The van der Waals surface area contributed by atoms with Crippen LogP contribution in [0, 0.1) is 0 Å². The lowest BCUT2D eigenvalue weighted by atomic mass is 9.69. The molecule has 306 valence electrons. The van der Waals surface area contributed by atoms with Crippen molar-refractivity contribution in [3.63, 3.8) is 0 Å². The molecule has 1 heteroatoms. The zero-order valence-corrected chi connectivity index (χ0v) is 36.1. The third-order valence-electron chi connectivity index (χ3n) is 14.6. The van der Waals surface area contributed by atoms with Gasteiger partial charge < -0.3 is 4.90 Å². The molecule has 3 aliphatic carbocycles. The highest BCUT2D eigenvalue weighted by atomic mass is 15.1. The molecule has 0 heterocycles. The van der Waals surface area contributed by atoms with Gasteiger partial charge in [0.1, 0.15) is 0 Å². The molecule has 0 aliphatic heterocycles. The van der Waals surface area contributed by atoms with Gasteiger partial charge in [-0.1, -0.05) is 200 Å². The van der Waals surface area contributed by atoms with Crippen LogP contribution in [-0.2, 0) is 5.41 Å². The van der Waals surface area contributed by atoms with Gasteiger partial charge in [0.2, 0.25) is 0 Å². The Hall–Kier alpha value is -8.52. The molecular weight excluding hydrogens is 795 g/mol. The van der Waals surface area contributed by atoms with Crippen molar-refractivity contribution in [1.82, 2.24) is 0 Å². The number of fused-ring (bicyclic) bond motifs is 14. The summed E-state index contributed by atoms with van der Waals surface area (Å²) in [4.78, 5) is 2.37. The Morgan fingerprint density at radius 3 is 1.26 bits per heavy atom. The molecule has 0 saturated carbocycles. The van der Waals surface area contributed by atoms with Crippen LogP contribution in [-0.4, -0.2) is 0 Å². The quantitative estimate of drug-likeness (QED) is 0.161. The van der Waals surface area contributed by atoms with Gasteiger partial charge >= 0.3 is 0 Å². The minimum Gasteiger partial charge on any atom is -0.311 e. The second kappa shape index (κ2) is 14.2. The molecule has 0 aromatic heterocycles. The van der Waals surface area contributed by atoms with E-state index in [4.69, 9.17) is 0 Å². The molecule has 0 saturated heterocycles. The number of benzene rings is 11. The molecule has 0 amide bonds. The SMILES string of the molecule is c1ccc(-c2ccc(N(c3ccc(-c4ccccc4)cc3)c3ccc(-c4ccc5c(c4)C4(c6ccccc6-5)c5ccccc5-c5c4cc4c6c(cccc56)-c5ccccc5-4)cc3)cc2)cc1. The molecule has 0 radical (unpaired) electrons. The summed E-state index contributed by atoms with van der Waals surface area (Å²) in [6.07, 6.45) is 0. The first kappa shape index (κ1) is 36.9. The second-order valence-electron chi connectivity index (χ2n) is 17.9. The molecule has 0 N–H and O–H groups in total. The molecule has 1 nitrogen and oxygen atoms in total. The molecule has 1 spiro atoms. The maximum atomic E-state index is 2.56. The highest BCUT2D eigenvalue weighted by molar-refractivity contribution is 6.21. The molecule has 66 heavy (non-hydrogen) atoms.